The van der Waals surface area contributed by atoms with E-state index in [1.165, 1.54) is 0 Å². The van der Waals surface area contributed by atoms with Crippen molar-refractivity contribution in [2.24, 2.45) is 5.16 Å². The van der Waals surface area contributed by atoms with E-state index in [-0.39, 0.29) is 24.4 Å². The number of nitrogens with one attached hydrogen (secondary N) is 2. The average Bonchev–Trinajstić information content (AvgIpc) is 3.18. The van der Waals surface area contributed by atoms with Crippen molar-refractivity contribution in [3.63, 3.8) is 0 Å². The predicted molar refractivity (Wildman–Crippen MR) is 81.7 cm³/mol. The summed E-state index contributed by atoms with van der Waals surface area (Å²) in [7, 11) is 0. The highest BCUT2D eigenvalue weighted by Gasteiger charge is 2.29. The highest BCUT2D eigenvalue weighted by atomic mass is 35.5. The van der Waals surface area contributed by atoms with E-state index in [4.69, 9.17) is 16.4 Å². The lowest BCUT2D eigenvalue weighted by Crippen LogP contribution is -2.42. The molecule has 6 nitrogen and oxygen atoms in total. The van der Waals surface area contributed by atoms with Crippen LogP contribution in [-0.2, 0) is 14.4 Å². The van der Waals surface area contributed by atoms with Gasteiger partial charge in [0.2, 0.25) is 12.0 Å². The number of nitrogens with zero attached hydrogens (tertiary/aromatic N) is 1. The van der Waals surface area contributed by atoms with Gasteiger partial charge in [-0.15, -0.1) is 0 Å². The van der Waals surface area contributed by atoms with E-state index in [0.717, 1.165) is 18.4 Å². The first-order chi connectivity index (χ1) is 10.6. The molecule has 2 N–H and O–H groups in total. The number of carbonyl (C=O) groups is 2. The minimum atomic E-state index is -0.695. The van der Waals surface area contributed by atoms with E-state index < -0.39 is 6.10 Å². The van der Waals surface area contributed by atoms with Gasteiger partial charge in [-0.1, -0.05) is 28.9 Å². The molecule has 1 aromatic rings. The Balaban J connectivity index is 1.47. The number of halogens is 1. The summed E-state index contributed by atoms with van der Waals surface area (Å²) in [4.78, 5) is 28.6. The normalized spacial score (nSPS) is 20.0. The molecule has 1 unspecified atom stereocenters. The van der Waals surface area contributed by atoms with Crippen LogP contribution in [0.4, 0.5) is 0 Å². The van der Waals surface area contributed by atoms with Crippen LogP contribution in [0.25, 0.3) is 0 Å². The third kappa shape index (κ3) is 3.76. The molecule has 0 radical (unpaired) electrons. The second-order valence-corrected chi connectivity index (χ2v) is 5.84. The monoisotopic (exact) mass is 321 g/mol. The van der Waals surface area contributed by atoms with Crippen molar-refractivity contribution in [2.75, 3.05) is 6.54 Å². The van der Waals surface area contributed by atoms with Gasteiger partial charge in [0.1, 0.15) is 0 Å². The van der Waals surface area contributed by atoms with Gasteiger partial charge in [0.05, 0.1) is 12.3 Å². The van der Waals surface area contributed by atoms with Crippen LogP contribution in [0.1, 0.15) is 24.8 Å². The molecule has 0 aromatic heterocycles. The van der Waals surface area contributed by atoms with Crippen LogP contribution >= 0.6 is 11.6 Å². The third-order valence-corrected chi connectivity index (χ3v) is 3.76. The summed E-state index contributed by atoms with van der Waals surface area (Å²) in [5.74, 6) is -0.508. The largest absolute Gasteiger partial charge is 0.382 e. The van der Waals surface area contributed by atoms with Gasteiger partial charge in [-0.2, -0.15) is 0 Å². The van der Waals surface area contributed by atoms with Crippen LogP contribution in [0.5, 0.6) is 0 Å². The van der Waals surface area contributed by atoms with Crippen LogP contribution < -0.4 is 10.6 Å². The molecule has 1 heterocycles. The highest BCUT2D eigenvalue weighted by Crippen LogP contribution is 2.19. The lowest BCUT2D eigenvalue weighted by molar-refractivity contribution is -0.133. The summed E-state index contributed by atoms with van der Waals surface area (Å²) in [6.07, 6.45) is 1.71. The van der Waals surface area contributed by atoms with Gasteiger partial charge >= 0.3 is 0 Å². The van der Waals surface area contributed by atoms with E-state index in [9.17, 15) is 9.59 Å². The zero-order valence-corrected chi connectivity index (χ0v) is 12.6. The summed E-state index contributed by atoms with van der Waals surface area (Å²) in [5, 5.41) is 9.95. The molecule has 1 aliphatic heterocycles. The molecule has 0 saturated heterocycles. The van der Waals surface area contributed by atoms with Crippen LogP contribution in [0.15, 0.2) is 29.4 Å². The van der Waals surface area contributed by atoms with Gasteiger partial charge in [-0.25, -0.2) is 0 Å². The van der Waals surface area contributed by atoms with Crippen LogP contribution in [0.3, 0.4) is 0 Å². The Hall–Kier alpha value is -2.08. The minimum absolute atomic E-state index is 0.0362. The molecule has 0 spiro atoms. The van der Waals surface area contributed by atoms with Crippen molar-refractivity contribution >= 4 is 29.1 Å². The number of hydrogen-bond donors (Lipinski definition) is 2. The number of hydrogen-bond acceptors (Lipinski definition) is 4. The van der Waals surface area contributed by atoms with Crippen molar-refractivity contribution in [1.29, 1.82) is 0 Å². The Morgan fingerprint density at radius 2 is 2.00 bits per heavy atom. The molecule has 1 aromatic carbocycles. The zero-order valence-electron chi connectivity index (χ0n) is 11.8. The molecule has 7 heteroatoms. The minimum Gasteiger partial charge on any atom is -0.382 e. The first-order valence-electron chi connectivity index (χ1n) is 7.17. The van der Waals surface area contributed by atoms with Gasteiger partial charge in [0.25, 0.3) is 5.91 Å². The Morgan fingerprint density at radius 1 is 1.27 bits per heavy atom. The van der Waals surface area contributed by atoms with Gasteiger partial charge < -0.3 is 15.5 Å². The molecule has 22 heavy (non-hydrogen) atoms. The van der Waals surface area contributed by atoms with E-state index in [1.807, 2.05) is 12.1 Å². The van der Waals surface area contributed by atoms with Crippen molar-refractivity contribution in [3.05, 3.63) is 34.9 Å². The van der Waals surface area contributed by atoms with Crippen LogP contribution in [0.2, 0.25) is 5.02 Å². The molecule has 1 aliphatic carbocycles. The lowest BCUT2D eigenvalue weighted by atomic mass is 10.0. The Bertz CT molecular complexity index is 611. The fourth-order valence-electron chi connectivity index (χ4n) is 2.12. The maximum Gasteiger partial charge on any atom is 0.264 e. The number of amides is 2. The standard InChI is InChI=1S/C15H16ClN3O3/c16-10-3-1-9(2-4-10)12-7-13(22-19-12)15(21)17-8-14(20)18-11-5-6-11/h1-4,11,13H,5-8H2,(H,17,21)(H,18,20). The molecule has 3 rings (SSSR count). The molecule has 2 amide bonds. The quantitative estimate of drug-likeness (QED) is 0.856. The van der Waals surface area contributed by atoms with E-state index in [0.29, 0.717) is 17.2 Å². The van der Waals surface area contributed by atoms with E-state index in [2.05, 4.69) is 15.8 Å². The zero-order chi connectivity index (χ0) is 15.5. The van der Waals surface area contributed by atoms with Crippen molar-refractivity contribution < 1.29 is 14.4 Å². The third-order valence-electron chi connectivity index (χ3n) is 3.50. The predicted octanol–water partition coefficient (Wildman–Crippen LogP) is 1.23. The number of carbonyl (C=O) groups excluding carboxylic acids is 2. The molecule has 0 bridgehead atoms. The van der Waals surface area contributed by atoms with Crippen molar-refractivity contribution in [2.45, 2.75) is 31.4 Å². The number of rotatable bonds is 5. The second kappa shape index (κ2) is 6.36. The average molecular weight is 322 g/mol. The van der Waals surface area contributed by atoms with Gasteiger partial charge in [0, 0.05) is 17.5 Å². The van der Waals surface area contributed by atoms with Gasteiger partial charge in [0.15, 0.2) is 0 Å². The molecule has 1 fully saturated rings. The Labute approximate surface area is 132 Å². The molecular formula is C15H16ClN3O3. The number of oxime groups is 1. The maximum absolute atomic E-state index is 12.0. The summed E-state index contributed by atoms with van der Waals surface area (Å²) in [5.41, 5.74) is 1.56. The SMILES string of the molecule is O=C(CNC(=O)C1CC(c2ccc(Cl)cc2)=NO1)NC1CC1. The second-order valence-electron chi connectivity index (χ2n) is 5.40. The van der Waals surface area contributed by atoms with Gasteiger partial charge in [-0.05, 0) is 30.5 Å². The maximum atomic E-state index is 12.0. The van der Waals surface area contributed by atoms with E-state index >= 15 is 0 Å². The Kier molecular flexibility index (Phi) is 4.29. The fraction of sp³-hybridized carbons (Fsp3) is 0.400. The Morgan fingerprint density at radius 3 is 2.68 bits per heavy atom. The van der Waals surface area contributed by atoms with Crippen LogP contribution in [0, 0.1) is 0 Å². The molecular weight excluding hydrogens is 306 g/mol. The molecule has 1 saturated carbocycles. The summed E-state index contributed by atoms with van der Waals surface area (Å²) >= 11 is 5.84. The summed E-state index contributed by atoms with van der Waals surface area (Å²) in [6, 6.07) is 7.46. The smallest absolute Gasteiger partial charge is 0.264 e. The van der Waals surface area contributed by atoms with Crippen molar-refractivity contribution in [1.82, 2.24) is 10.6 Å². The number of benzene rings is 1. The molecule has 2 aliphatic rings. The van der Waals surface area contributed by atoms with E-state index in [1.54, 1.807) is 12.1 Å². The first kappa shape index (κ1) is 14.8. The van der Waals surface area contributed by atoms with Gasteiger partial charge in [-0.3, -0.25) is 9.59 Å². The fourth-order valence-corrected chi connectivity index (χ4v) is 2.24. The summed E-state index contributed by atoms with van der Waals surface area (Å²) in [6.45, 7) is -0.0362. The van der Waals surface area contributed by atoms with Crippen molar-refractivity contribution in [3.8, 4) is 0 Å². The topological polar surface area (TPSA) is 79.8 Å². The van der Waals surface area contributed by atoms with Crippen LogP contribution in [-0.4, -0.2) is 36.2 Å². The highest BCUT2D eigenvalue weighted by molar-refractivity contribution is 6.30. The lowest BCUT2D eigenvalue weighted by Gasteiger charge is -2.09. The first-order valence-corrected chi connectivity index (χ1v) is 7.55. The summed E-state index contributed by atoms with van der Waals surface area (Å²) < 4.78 is 0. The molecule has 1 atom stereocenters. The molecule has 116 valence electrons.